The zero-order valence-corrected chi connectivity index (χ0v) is 8.15. The van der Waals surface area contributed by atoms with Gasteiger partial charge in [-0.2, -0.15) is 0 Å². The molecule has 1 rings (SSSR count). The third kappa shape index (κ3) is 2.23. The summed E-state index contributed by atoms with van der Waals surface area (Å²) in [6, 6.07) is 0. The minimum absolute atomic E-state index is 0.00139. The summed E-state index contributed by atoms with van der Waals surface area (Å²) >= 11 is 4.61. The van der Waals surface area contributed by atoms with Crippen LogP contribution in [0.15, 0.2) is 3.92 Å². The highest BCUT2D eigenvalue weighted by Gasteiger charge is 2.07. The number of aliphatic hydroxyl groups is 2. The standard InChI is InChI=1S/C6H8BrNO2S/c7-6-8-4(1-2-9)5(3-10)11-6/h9-10H,1-3H2. The van der Waals surface area contributed by atoms with E-state index in [2.05, 4.69) is 20.9 Å². The van der Waals surface area contributed by atoms with Gasteiger partial charge >= 0.3 is 0 Å². The van der Waals surface area contributed by atoms with Gasteiger partial charge in [0.25, 0.3) is 0 Å². The van der Waals surface area contributed by atoms with Crippen LogP contribution in [0.1, 0.15) is 10.6 Å². The lowest BCUT2D eigenvalue weighted by molar-refractivity contribution is 0.278. The number of halogens is 1. The molecule has 11 heavy (non-hydrogen) atoms. The Balaban J connectivity index is 2.83. The van der Waals surface area contributed by atoms with Gasteiger partial charge in [-0.15, -0.1) is 11.3 Å². The van der Waals surface area contributed by atoms with Crippen molar-refractivity contribution in [2.45, 2.75) is 13.0 Å². The summed E-state index contributed by atoms with van der Waals surface area (Å²) in [7, 11) is 0. The third-order valence-electron chi connectivity index (χ3n) is 1.24. The summed E-state index contributed by atoms with van der Waals surface area (Å²) in [6.45, 7) is 0.0712. The molecule has 0 aromatic carbocycles. The van der Waals surface area contributed by atoms with Gasteiger partial charge in [0.05, 0.1) is 17.2 Å². The van der Waals surface area contributed by atoms with Gasteiger partial charge in [0, 0.05) is 13.0 Å². The maximum Gasteiger partial charge on any atom is 0.159 e. The Labute approximate surface area is 76.8 Å². The first-order chi connectivity index (χ1) is 5.27. The molecule has 1 heterocycles. The van der Waals surface area contributed by atoms with Crippen molar-refractivity contribution in [3.8, 4) is 0 Å². The highest BCUT2D eigenvalue weighted by Crippen LogP contribution is 2.23. The monoisotopic (exact) mass is 237 g/mol. The van der Waals surface area contributed by atoms with Crippen LogP contribution in [-0.4, -0.2) is 21.8 Å². The maximum absolute atomic E-state index is 8.83. The zero-order valence-electron chi connectivity index (χ0n) is 5.75. The van der Waals surface area contributed by atoms with E-state index in [1.807, 2.05) is 0 Å². The van der Waals surface area contributed by atoms with Crippen LogP contribution >= 0.6 is 27.3 Å². The number of hydrogen-bond donors (Lipinski definition) is 2. The normalized spacial score (nSPS) is 10.5. The van der Waals surface area contributed by atoms with Crippen LogP contribution in [0.4, 0.5) is 0 Å². The molecule has 5 heteroatoms. The summed E-state index contributed by atoms with van der Waals surface area (Å²) in [4.78, 5) is 4.91. The molecule has 62 valence electrons. The molecule has 0 radical (unpaired) electrons. The van der Waals surface area contributed by atoms with Crippen molar-refractivity contribution in [3.63, 3.8) is 0 Å². The number of aliphatic hydroxyl groups excluding tert-OH is 2. The third-order valence-corrected chi connectivity index (χ3v) is 2.78. The SMILES string of the molecule is OCCc1nc(Br)sc1CO. The van der Waals surface area contributed by atoms with E-state index in [9.17, 15) is 0 Å². The number of rotatable bonds is 3. The van der Waals surface area contributed by atoms with Crippen LogP contribution in [-0.2, 0) is 13.0 Å². The Kier molecular flexibility index (Phi) is 3.45. The van der Waals surface area contributed by atoms with E-state index in [0.29, 0.717) is 6.42 Å². The minimum atomic E-state index is -0.00139. The molecule has 0 fully saturated rings. The summed E-state index contributed by atoms with van der Waals surface area (Å²) < 4.78 is 0.755. The Hall–Kier alpha value is 0.0300. The summed E-state index contributed by atoms with van der Waals surface area (Å²) in [5.74, 6) is 0. The Bertz CT molecular complexity index is 238. The molecule has 1 aromatic rings. The van der Waals surface area contributed by atoms with Crippen molar-refractivity contribution in [1.29, 1.82) is 0 Å². The highest BCUT2D eigenvalue weighted by atomic mass is 79.9. The Morgan fingerprint density at radius 2 is 2.18 bits per heavy atom. The second-order valence-electron chi connectivity index (χ2n) is 1.97. The molecule has 0 spiro atoms. The Morgan fingerprint density at radius 1 is 1.45 bits per heavy atom. The minimum Gasteiger partial charge on any atom is -0.396 e. The predicted molar refractivity (Wildman–Crippen MR) is 46.5 cm³/mol. The fourth-order valence-corrected chi connectivity index (χ4v) is 2.27. The average Bonchev–Trinajstić information content (AvgIpc) is 2.32. The molecule has 0 aliphatic carbocycles. The predicted octanol–water partition coefficient (Wildman–Crippen LogP) is 0.933. The average molecular weight is 238 g/mol. The molecule has 0 saturated heterocycles. The number of hydrogen-bond acceptors (Lipinski definition) is 4. The number of nitrogens with zero attached hydrogens (tertiary/aromatic N) is 1. The molecule has 0 atom stereocenters. The van der Waals surface area contributed by atoms with E-state index < -0.39 is 0 Å². The van der Waals surface area contributed by atoms with E-state index in [4.69, 9.17) is 10.2 Å². The fraction of sp³-hybridized carbons (Fsp3) is 0.500. The van der Waals surface area contributed by atoms with Crippen LogP contribution in [0.3, 0.4) is 0 Å². The summed E-state index contributed by atoms with van der Waals surface area (Å²) in [5, 5.41) is 17.4. The van der Waals surface area contributed by atoms with E-state index in [1.165, 1.54) is 11.3 Å². The van der Waals surface area contributed by atoms with Crippen molar-refractivity contribution >= 4 is 27.3 Å². The van der Waals surface area contributed by atoms with Gasteiger partial charge in [-0.25, -0.2) is 4.98 Å². The van der Waals surface area contributed by atoms with Crippen molar-refractivity contribution in [1.82, 2.24) is 4.98 Å². The molecule has 3 nitrogen and oxygen atoms in total. The quantitative estimate of drug-likeness (QED) is 0.823. The molecule has 0 aliphatic rings. The van der Waals surface area contributed by atoms with Crippen LogP contribution in [0.5, 0.6) is 0 Å². The molecule has 0 saturated carbocycles. The summed E-state index contributed by atoms with van der Waals surface area (Å²) in [6.07, 6.45) is 0.512. The molecule has 0 unspecified atom stereocenters. The van der Waals surface area contributed by atoms with Crippen LogP contribution in [0, 0.1) is 0 Å². The lowest BCUT2D eigenvalue weighted by Gasteiger charge is -1.93. The largest absolute Gasteiger partial charge is 0.396 e. The van der Waals surface area contributed by atoms with Crippen LogP contribution < -0.4 is 0 Å². The van der Waals surface area contributed by atoms with Crippen LogP contribution in [0.25, 0.3) is 0 Å². The van der Waals surface area contributed by atoms with E-state index >= 15 is 0 Å². The van der Waals surface area contributed by atoms with Crippen molar-refractivity contribution in [3.05, 3.63) is 14.5 Å². The smallest absolute Gasteiger partial charge is 0.159 e. The summed E-state index contributed by atoms with van der Waals surface area (Å²) in [5.41, 5.74) is 0.784. The molecule has 0 amide bonds. The first-order valence-electron chi connectivity index (χ1n) is 3.13. The maximum atomic E-state index is 8.83. The Morgan fingerprint density at radius 3 is 2.73 bits per heavy atom. The van der Waals surface area contributed by atoms with E-state index in [0.717, 1.165) is 14.5 Å². The number of aromatic nitrogens is 1. The molecule has 1 aromatic heterocycles. The molecule has 0 bridgehead atoms. The lowest BCUT2D eigenvalue weighted by Crippen LogP contribution is -1.94. The molecular weight excluding hydrogens is 230 g/mol. The first kappa shape index (κ1) is 9.12. The van der Waals surface area contributed by atoms with Crippen molar-refractivity contribution < 1.29 is 10.2 Å². The van der Waals surface area contributed by atoms with Crippen molar-refractivity contribution in [2.24, 2.45) is 0 Å². The molecule has 2 N–H and O–H groups in total. The first-order valence-corrected chi connectivity index (χ1v) is 4.74. The second-order valence-corrected chi connectivity index (χ2v) is 4.33. The topological polar surface area (TPSA) is 53.4 Å². The van der Waals surface area contributed by atoms with E-state index in [-0.39, 0.29) is 13.2 Å². The fourth-order valence-electron chi connectivity index (χ4n) is 0.777. The lowest BCUT2D eigenvalue weighted by atomic mass is 10.3. The number of thiazole rings is 1. The van der Waals surface area contributed by atoms with Gasteiger partial charge in [0.15, 0.2) is 3.92 Å². The van der Waals surface area contributed by atoms with Gasteiger partial charge in [-0.3, -0.25) is 0 Å². The van der Waals surface area contributed by atoms with Gasteiger partial charge < -0.3 is 10.2 Å². The van der Waals surface area contributed by atoms with Gasteiger partial charge in [-0.05, 0) is 15.9 Å². The van der Waals surface area contributed by atoms with Gasteiger partial charge in [0.1, 0.15) is 0 Å². The van der Waals surface area contributed by atoms with Crippen LogP contribution in [0.2, 0.25) is 0 Å². The second kappa shape index (κ2) is 4.15. The van der Waals surface area contributed by atoms with E-state index in [1.54, 1.807) is 0 Å². The highest BCUT2D eigenvalue weighted by molar-refractivity contribution is 9.11. The van der Waals surface area contributed by atoms with Gasteiger partial charge in [-0.1, -0.05) is 0 Å². The molecular formula is C6H8BrNO2S. The van der Waals surface area contributed by atoms with Crippen molar-refractivity contribution in [2.75, 3.05) is 6.61 Å². The van der Waals surface area contributed by atoms with Gasteiger partial charge in [0.2, 0.25) is 0 Å². The molecule has 0 aliphatic heterocycles. The zero-order chi connectivity index (χ0) is 8.27.